The van der Waals surface area contributed by atoms with Gasteiger partial charge in [0.1, 0.15) is 5.75 Å². The number of ether oxygens (including phenoxy) is 1. The first kappa shape index (κ1) is 17.6. The van der Waals surface area contributed by atoms with Crippen LogP contribution in [0.3, 0.4) is 0 Å². The molecule has 2 heterocycles. The van der Waals surface area contributed by atoms with Gasteiger partial charge in [0.25, 0.3) is 11.7 Å². The smallest absolute Gasteiger partial charge is 0.422 e. The standard InChI is InChI=1S/C16H14F3N5O2/c1-9-7-10(2)24-15(20-9)22-13(23-24)14(25)21-11-5-3-4-6-12(11)26-8-16(17,18)19/h3-7H,8H2,1-2H3,(H,21,25). The Morgan fingerprint density at radius 3 is 2.69 bits per heavy atom. The van der Waals surface area contributed by atoms with Gasteiger partial charge in [0.05, 0.1) is 5.69 Å². The summed E-state index contributed by atoms with van der Waals surface area (Å²) >= 11 is 0. The van der Waals surface area contributed by atoms with Crippen LogP contribution in [0, 0.1) is 13.8 Å². The number of carbonyl (C=O) groups excluding carboxylic acids is 1. The van der Waals surface area contributed by atoms with Gasteiger partial charge in [0, 0.05) is 11.4 Å². The van der Waals surface area contributed by atoms with E-state index in [9.17, 15) is 18.0 Å². The molecule has 0 spiro atoms. The molecular weight excluding hydrogens is 351 g/mol. The van der Waals surface area contributed by atoms with E-state index in [-0.39, 0.29) is 23.0 Å². The van der Waals surface area contributed by atoms with Crippen LogP contribution < -0.4 is 10.1 Å². The fourth-order valence-electron chi connectivity index (χ4n) is 2.30. The molecule has 0 aliphatic heterocycles. The number of aromatic nitrogens is 4. The SMILES string of the molecule is Cc1cc(C)n2nc(C(=O)Nc3ccccc3OCC(F)(F)F)nc2n1. The van der Waals surface area contributed by atoms with E-state index in [0.717, 1.165) is 11.4 Å². The van der Waals surface area contributed by atoms with Crippen molar-refractivity contribution >= 4 is 17.4 Å². The highest BCUT2D eigenvalue weighted by Gasteiger charge is 2.29. The number of amides is 1. The number of aryl methyl sites for hydroxylation is 2. The molecule has 26 heavy (non-hydrogen) atoms. The highest BCUT2D eigenvalue weighted by Crippen LogP contribution is 2.26. The zero-order chi connectivity index (χ0) is 18.9. The number of fused-ring (bicyclic) bond motifs is 1. The van der Waals surface area contributed by atoms with Crippen molar-refractivity contribution in [3.8, 4) is 5.75 Å². The fraction of sp³-hybridized carbons (Fsp3) is 0.250. The van der Waals surface area contributed by atoms with Crippen LogP contribution in [0.25, 0.3) is 5.78 Å². The van der Waals surface area contributed by atoms with Gasteiger partial charge < -0.3 is 10.1 Å². The zero-order valence-corrected chi connectivity index (χ0v) is 13.8. The van der Waals surface area contributed by atoms with Crippen LogP contribution in [0.5, 0.6) is 5.75 Å². The third kappa shape index (κ3) is 3.90. The van der Waals surface area contributed by atoms with Gasteiger partial charge in [-0.05, 0) is 32.0 Å². The number of hydrogen-bond donors (Lipinski definition) is 1. The molecule has 7 nitrogen and oxygen atoms in total. The van der Waals surface area contributed by atoms with E-state index in [4.69, 9.17) is 4.74 Å². The van der Waals surface area contributed by atoms with E-state index in [1.54, 1.807) is 26.0 Å². The van der Waals surface area contributed by atoms with E-state index in [1.165, 1.54) is 22.7 Å². The minimum Gasteiger partial charge on any atom is -0.482 e. The van der Waals surface area contributed by atoms with Crippen molar-refractivity contribution in [3.05, 3.63) is 47.5 Å². The maximum absolute atomic E-state index is 12.4. The number of rotatable bonds is 4. The second kappa shape index (κ2) is 6.62. The van der Waals surface area contributed by atoms with Crippen molar-refractivity contribution in [2.24, 2.45) is 0 Å². The van der Waals surface area contributed by atoms with E-state index in [2.05, 4.69) is 20.4 Å². The van der Waals surface area contributed by atoms with Crippen LogP contribution >= 0.6 is 0 Å². The van der Waals surface area contributed by atoms with Crippen LogP contribution in [0.15, 0.2) is 30.3 Å². The van der Waals surface area contributed by atoms with Crippen molar-refractivity contribution in [1.82, 2.24) is 19.6 Å². The summed E-state index contributed by atoms with van der Waals surface area (Å²) in [4.78, 5) is 20.6. The number of anilines is 1. The molecule has 0 aliphatic carbocycles. The third-order valence-corrected chi connectivity index (χ3v) is 3.35. The lowest BCUT2D eigenvalue weighted by Gasteiger charge is -2.13. The topological polar surface area (TPSA) is 81.4 Å². The van der Waals surface area contributed by atoms with Crippen LogP contribution in [0.4, 0.5) is 18.9 Å². The van der Waals surface area contributed by atoms with Gasteiger partial charge in [-0.3, -0.25) is 4.79 Å². The Kier molecular flexibility index (Phi) is 4.49. The molecule has 1 amide bonds. The molecule has 0 saturated carbocycles. The largest absolute Gasteiger partial charge is 0.482 e. The summed E-state index contributed by atoms with van der Waals surface area (Å²) < 4.78 is 43.2. The molecular formula is C16H14F3N5O2. The summed E-state index contributed by atoms with van der Waals surface area (Å²) in [5.41, 5.74) is 1.55. The molecule has 3 aromatic rings. The molecule has 1 aromatic carbocycles. The van der Waals surface area contributed by atoms with Crippen LogP contribution in [0.1, 0.15) is 22.0 Å². The number of para-hydroxylation sites is 2. The molecule has 136 valence electrons. The first-order valence-electron chi connectivity index (χ1n) is 7.54. The second-order valence-corrected chi connectivity index (χ2v) is 5.54. The Morgan fingerprint density at radius 2 is 1.96 bits per heavy atom. The van der Waals surface area contributed by atoms with Crippen LogP contribution in [-0.4, -0.2) is 38.3 Å². The Balaban J connectivity index is 1.83. The maximum atomic E-state index is 12.4. The molecule has 0 fully saturated rings. The summed E-state index contributed by atoms with van der Waals surface area (Å²) in [5.74, 6) is -0.686. The van der Waals surface area contributed by atoms with Gasteiger partial charge in [-0.1, -0.05) is 12.1 Å². The van der Waals surface area contributed by atoms with E-state index >= 15 is 0 Å². The molecule has 0 atom stereocenters. The number of alkyl halides is 3. The molecule has 0 radical (unpaired) electrons. The van der Waals surface area contributed by atoms with Crippen molar-refractivity contribution in [2.75, 3.05) is 11.9 Å². The van der Waals surface area contributed by atoms with Crippen LogP contribution in [0.2, 0.25) is 0 Å². The van der Waals surface area contributed by atoms with E-state index in [1.807, 2.05) is 0 Å². The molecule has 1 N–H and O–H groups in total. The van der Waals surface area contributed by atoms with Crippen molar-refractivity contribution in [1.29, 1.82) is 0 Å². The molecule has 0 saturated heterocycles. The molecule has 2 aromatic heterocycles. The summed E-state index contributed by atoms with van der Waals surface area (Å²) in [7, 11) is 0. The number of halogens is 3. The van der Waals surface area contributed by atoms with E-state index < -0.39 is 18.7 Å². The molecule has 0 aliphatic rings. The van der Waals surface area contributed by atoms with Gasteiger partial charge in [-0.15, -0.1) is 5.10 Å². The molecule has 0 unspecified atom stereocenters. The first-order chi connectivity index (χ1) is 12.2. The summed E-state index contributed by atoms with van der Waals surface area (Å²) in [6, 6.07) is 7.59. The minimum absolute atomic E-state index is 0.0847. The average Bonchev–Trinajstić information content (AvgIpc) is 2.97. The quantitative estimate of drug-likeness (QED) is 0.769. The van der Waals surface area contributed by atoms with Gasteiger partial charge in [0.15, 0.2) is 6.61 Å². The Hall–Kier alpha value is -3.17. The highest BCUT2D eigenvalue weighted by molar-refractivity contribution is 6.02. The third-order valence-electron chi connectivity index (χ3n) is 3.35. The summed E-state index contributed by atoms with van der Waals surface area (Å²) in [6.07, 6.45) is -4.48. The number of nitrogens with zero attached hydrogens (tertiary/aromatic N) is 4. The second-order valence-electron chi connectivity index (χ2n) is 5.54. The Morgan fingerprint density at radius 1 is 1.23 bits per heavy atom. The lowest BCUT2D eigenvalue weighted by atomic mass is 10.3. The zero-order valence-electron chi connectivity index (χ0n) is 13.8. The lowest BCUT2D eigenvalue weighted by Crippen LogP contribution is -2.20. The van der Waals surface area contributed by atoms with Gasteiger partial charge in [0.2, 0.25) is 5.82 Å². The fourth-order valence-corrected chi connectivity index (χ4v) is 2.30. The summed E-state index contributed by atoms with van der Waals surface area (Å²) in [6.45, 7) is 2.11. The van der Waals surface area contributed by atoms with Crippen molar-refractivity contribution < 1.29 is 22.7 Å². The van der Waals surface area contributed by atoms with Crippen molar-refractivity contribution in [2.45, 2.75) is 20.0 Å². The molecule has 0 bridgehead atoms. The predicted octanol–water partition coefficient (Wildman–Crippen LogP) is 2.93. The summed E-state index contributed by atoms with van der Waals surface area (Å²) in [5, 5.41) is 6.54. The van der Waals surface area contributed by atoms with Crippen LogP contribution in [-0.2, 0) is 0 Å². The van der Waals surface area contributed by atoms with E-state index in [0.29, 0.717) is 0 Å². The van der Waals surface area contributed by atoms with Gasteiger partial charge in [-0.2, -0.15) is 18.2 Å². The number of hydrogen-bond acceptors (Lipinski definition) is 5. The van der Waals surface area contributed by atoms with Crippen molar-refractivity contribution in [3.63, 3.8) is 0 Å². The number of nitrogens with one attached hydrogen (secondary N) is 1. The first-order valence-corrected chi connectivity index (χ1v) is 7.54. The van der Waals surface area contributed by atoms with Gasteiger partial charge in [-0.25, -0.2) is 9.50 Å². The van der Waals surface area contributed by atoms with Gasteiger partial charge >= 0.3 is 6.18 Å². The normalized spacial score (nSPS) is 11.6. The molecule has 10 heteroatoms. The molecule has 3 rings (SSSR count). The Labute approximate surface area is 145 Å². The number of carbonyl (C=O) groups is 1. The lowest BCUT2D eigenvalue weighted by molar-refractivity contribution is -0.153. The Bertz CT molecular complexity index is 968. The monoisotopic (exact) mass is 365 g/mol. The highest BCUT2D eigenvalue weighted by atomic mass is 19.4. The minimum atomic E-state index is -4.48. The average molecular weight is 365 g/mol. The number of benzene rings is 1. The maximum Gasteiger partial charge on any atom is 0.422 e. The predicted molar refractivity (Wildman–Crippen MR) is 86.2 cm³/mol.